The maximum Gasteiger partial charge on any atom is 0.267 e. The quantitative estimate of drug-likeness (QED) is 0.402. The number of ether oxygens (including phenoxy) is 1. The standard InChI is InChI=1S/C10H12N2O2/c1-12(11)10(13)8-2-3-9-7(6-8)4-5-14-9/h2-3,6H,4-5,11H2,1H3. The van der Waals surface area contributed by atoms with Crippen LogP contribution in [0.3, 0.4) is 0 Å². The average Bonchev–Trinajstić information content (AvgIpc) is 2.62. The van der Waals surface area contributed by atoms with Crippen LogP contribution in [0, 0.1) is 0 Å². The van der Waals surface area contributed by atoms with E-state index in [1.54, 1.807) is 6.07 Å². The minimum absolute atomic E-state index is 0.181. The number of fused-ring (bicyclic) bond motifs is 1. The Hall–Kier alpha value is -1.55. The highest BCUT2D eigenvalue weighted by Gasteiger charge is 2.15. The van der Waals surface area contributed by atoms with E-state index in [4.69, 9.17) is 10.6 Å². The van der Waals surface area contributed by atoms with Crippen LogP contribution in [-0.4, -0.2) is 24.6 Å². The van der Waals surface area contributed by atoms with Crippen molar-refractivity contribution in [2.75, 3.05) is 13.7 Å². The molecule has 2 N–H and O–H groups in total. The van der Waals surface area contributed by atoms with Crippen molar-refractivity contribution in [3.05, 3.63) is 29.3 Å². The SMILES string of the molecule is CN(N)C(=O)c1ccc2c(c1)CCO2. The van der Waals surface area contributed by atoms with Crippen LogP contribution in [0.1, 0.15) is 15.9 Å². The van der Waals surface area contributed by atoms with Crippen LogP contribution in [0.2, 0.25) is 0 Å². The lowest BCUT2D eigenvalue weighted by Gasteiger charge is -2.10. The molecule has 14 heavy (non-hydrogen) atoms. The number of carbonyl (C=O) groups is 1. The monoisotopic (exact) mass is 192 g/mol. The number of hydrazine groups is 1. The topological polar surface area (TPSA) is 55.6 Å². The Morgan fingerprint density at radius 1 is 1.57 bits per heavy atom. The van der Waals surface area contributed by atoms with Crippen molar-refractivity contribution in [2.45, 2.75) is 6.42 Å². The first-order chi connectivity index (χ1) is 6.68. The molecule has 74 valence electrons. The predicted molar refractivity (Wildman–Crippen MR) is 51.9 cm³/mol. The molecule has 0 spiro atoms. The maximum atomic E-state index is 11.5. The first-order valence-corrected chi connectivity index (χ1v) is 4.47. The van der Waals surface area contributed by atoms with Gasteiger partial charge in [0.25, 0.3) is 5.91 Å². The Kier molecular flexibility index (Phi) is 2.13. The molecule has 0 atom stereocenters. The highest BCUT2D eigenvalue weighted by Crippen LogP contribution is 2.25. The van der Waals surface area contributed by atoms with Crippen LogP contribution < -0.4 is 10.6 Å². The molecule has 1 aliphatic rings. The van der Waals surface area contributed by atoms with E-state index in [2.05, 4.69) is 0 Å². The van der Waals surface area contributed by atoms with E-state index in [0.29, 0.717) is 12.2 Å². The maximum absolute atomic E-state index is 11.5. The Morgan fingerprint density at radius 2 is 2.36 bits per heavy atom. The molecule has 0 radical (unpaired) electrons. The number of nitrogens with two attached hydrogens (primary N) is 1. The zero-order valence-electron chi connectivity index (χ0n) is 7.99. The van der Waals surface area contributed by atoms with Gasteiger partial charge < -0.3 is 4.74 Å². The molecule has 1 aliphatic heterocycles. The zero-order valence-corrected chi connectivity index (χ0v) is 7.99. The number of hydrogen-bond donors (Lipinski definition) is 1. The van der Waals surface area contributed by atoms with Crippen molar-refractivity contribution in [1.82, 2.24) is 5.01 Å². The largest absolute Gasteiger partial charge is 0.493 e. The van der Waals surface area contributed by atoms with Crippen molar-refractivity contribution < 1.29 is 9.53 Å². The summed E-state index contributed by atoms with van der Waals surface area (Å²) in [4.78, 5) is 11.5. The van der Waals surface area contributed by atoms with E-state index in [1.807, 2.05) is 12.1 Å². The third-order valence-corrected chi connectivity index (χ3v) is 2.26. The van der Waals surface area contributed by atoms with Crippen LogP contribution in [-0.2, 0) is 6.42 Å². The Bertz CT molecular complexity index is 374. The van der Waals surface area contributed by atoms with E-state index in [1.165, 1.54) is 7.05 Å². The third kappa shape index (κ3) is 1.44. The summed E-state index contributed by atoms with van der Waals surface area (Å²) in [7, 11) is 1.53. The molecule has 1 aromatic rings. The van der Waals surface area contributed by atoms with Gasteiger partial charge in [0, 0.05) is 19.0 Å². The molecular formula is C10H12N2O2. The van der Waals surface area contributed by atoms with Gasteiger partial charge in [0.15, 0.2) is 0 Å². The Labute approximate surface area is 82.2 Å². The summed E-state index contributed by atoms with van der Waals surface area (Å²) < 4.78 is 5.34. The van der Waals surface area contributed by atoms with Crippen LogP contribution in [0.4, 0.5) is 0 Å². The van der Waals surface area contributed by atoms with Gasteiger partial charge in [-0.25, -0.2) is 5.84 Å². The normalized spacial score (nSPS) is 13.3. The van der Waals surface area contributed by atoms with E-state index in [0.717, 1.165) is 22.7 Å². The smallest absolute Gasteiger partial charge is 0.267 e. The second-order valence-corrected chi connectivity index (χ2v) is 3.34. The number of carbonyl (C=O) groups excluding carboxylic acids is 1. The molecule has 4 nitrogen and oxygen atoms in total. The molecule has 1 heterocycles. The van der Waals surface area contributed by atoms with Crippen LogP contribution >= 0.6 is 0 Å². The lowest BCUT2D eigenvalue weighted by molar-refractivity contribution is 0.0795. The predicted octanol–water partition coefficient (Wildman–Crippen LogP) is 0.567. The minimum Gasteiger partial charge on any atom is -0.493 e. The van der Waals surface area contributed by atoms with Gasteiger partial charge in [-0.3, -0.25) is 9.80 Å². The van der Waals surface area contributed by atoms with E-state index < -0.39 is 0 Å². The molecule has 0 fully saturated rings. The van der Waals surface area contributed by atoms with Gasteiger partial charge in [0.2, 0.25) is 0 Å². The van der Waals surface area contributed by atoms with Gasteiger partial charge in [-0.05, 0) is 23.8 Å². The molecule has 0 aromatic heterocycles. The number of hydrogen-bond acceptors (Lipinski definition) is 3. The van der Waals surface area contributed by atoms with E-state index in [9.17, 15) is 4.79 Å². The molecule has 1 aromatic carbocycles. The van der Waals surface area contributed by atoms with E-state index >= 15 is 0 Å². The molecule has 0 unspecified atom stereocenters. The summed E-state index contributed by atoms with van der Waals surface area (Å²) in [6, 6.07) is 5.39. The fourth-order valence-corrected chi connectivity index (χ4v) is 1.52. The Balaban J connectivity index is 2.33. The number of amides is 1. The summed E-state index contributed by atoms with van der Waals surface area (Å²) in [6.07, 6.45) is 0.866. The highest BCUT2D eigenvalue weighted by atomic mass is 16.5. The number of nitrogens with zero attached hydrogens (tertiary/aromatic N) is 1. The van der Waals surface area contributed by atoms with Crippen LogP contribution in [0.15, 0.2) is 18.2 Å². The van der Waals surface area contributed by atoms with Crippen molar-refractivity contribution in [2.24, 2.45) is 5.84 Å². The number of rotatable bonds is 1. The lowest BCUT2D eigenvalue weighted by Crippen LogP contribution is -2.33. The second kappa shape index (κ2) is 3.31. The van der Waals surface area contributed by atoms with Gasteiger partial charge in [-0.2, -0.15) is 0 Å². The molecule has 0 aliphatic carbocycles. The zero-order chi connectivity index (χ0) is 10.1. The number of benzene rings is 1. The van der Waals surface area contributed by atoms with Crippen molar-refractivity contribution >= 4 is 5.91 Å². The first-order valence-electron chi connectivity index (χ1n) is 4.47. The molecule has 0 saturated carbocycles. The fourth-order valence-electron chi connectivity index (χ4n) is 1.52. The first kappa shape index (κ1) is 9.02. The van der Waals surface area contributed by atoms with Gasteiger partial charge in [-0.1, -0.05) is 0 Å². The van der Waals surface area contributed by atoms with Crippen molar-refractivity contribution in [3.63, 3.8) is 0 Å². The summed E-state index contributed by atoms with van der Waals surface area (Å²) >= 11 is 0. The Morgan fingerprint density at radius 3 is 3.07 bits per heavy atom. The summed E-state index contributed by atoms with van der Waals surface area (Å²) in [6.45, 7) is 0.700. The summed E-state index contributed by atoms with van der Waals surface area (Å²) in [5.74, 6) is 6.06. The molecule has 0 saturated heterocycles. The molecule has 0 bridgehead atoms. The third-order valence-electron chi connectivity index (χ3n) is 2.26. The van der Waals surface area contributed by atoms with Crippen molar-refractivity contribution in [3.8, 4) is 5.75 Å². The van der Waals surface area contributed by atoms with Gasteiger partial charge in [0.05, 0.1) is 6.61 Å². The molecular weight excluding hydrogens is 180 g/mol. The van der Waals surface area contributed by atoms with Crippen LogP contribution in [0.25, 0.3) is 0 Å². The van der Waals surface area contributed by atoms with Crippen LogP contribution in [0.5, 0.6) is 5.75 Å². The molecule has 4 heteroatoms. The summed E-state index contributed by atoms with van der Waals surface area (Å²) in [5.41, 5.74) is 1.69. The minimum atomic E-state index is -0.181. The average molecular weight is 192 g/mol. The van der Waals surface area contributed by atoms with Gasteiger partial charge >= 0.3 is 0 Å². The van der Waals surface area contributed by atoms with E-state index in [-0.39, 0.29) is 5.91 Å². The lowest BCUT2D eigenvalue weighted by atomic mass is 10.1. The highest BCUT2D eigenvalue weighted by molar-refractivity contribution is 5.94. The van der Waals surface area contributed by atoms with Crippen molar-refractivity contribution in [1.29, 1.82) is 0 Å². The molecule has 2 rings (SSSR count). The fraction of sp³-hybridized carbons (Fsp3) is 0.300. The second-order valence-electron chi connectivity index (χ2n) is 3.34. The summed E-state index contributed by atoms with van der Waals surface area (Å²) in [5, 5.41) is 1.08. The van der Waals surface area contributed by atoms with Gasteiger partial charge in [0.1, 0.15) is 5.75 Å². The van der Waals surface area contributed by atoms with Gasteiger partial charge in [-0.15, -0.1) is 0 Å². The molecule has 1 amide bonds.